The van der Waals surface area contributed by atoms with Gasteiger partial charge in [0.15, 0.2) is 5.78 Å². The third kappa shape index (κ3) is 4.09. The summed E-state index contributed by atoms with van der Waals surface area (Å²) in [4.78, 5) is 30.7. The zero-order valence-electron chi connectivity index (χ0n) is 18.6. The molecule has 0 spiro atoms. The van der Waals surface area contributed by atoms with E-state index in [1.165, 1.54) is 0 Å². The van der Waals surface area contributed by atoms with Gasteiger partial charge >= 0.3 is 0 Å². The molecule has 2 aromatic rings. The molecule has 0 bridgehead atoms. The molecule has 0 unspecified atom stereocenters. The summed E-state index contributed by atoms with van der Waals surface area (Å²) in [6.45, 7) is 2.09. The van der Waals surface area contributed by atoms with Gasteiger partial charge in [-0.1, -0.05) is 37.6 Å². The Morgan fingerprint density at radius 1 is 1.10 bits per heavy atom. The molecule has 0 radical (unpaired) electrons. The second-order valence-electron chi connectivity index (χ2n) is 8.57. The van der Waals surface area contributed by atoms with Gasteiger partial charge in [0.05, 0.1) is 17.4 Å². The Balaban J connectivity index is 1.91. The number of hydrogen-bond acceptors (Lipinski definition) is 4. The van der Waals surface area contributed by atoms with Crippen molar-refractivity contribution in [2.45, 2.75) is 51.5 Å². The van der Waals surface area contributed by atoms with Gasteiger partial charge in [0.25, 0.3) is 0 Å². The summed E-state index contributed by atoms with van der Waals surface area (Å²) in [7, 11) is 4.01. The number of fused-ring (bicyclic) bond motifs is 1. The molecule has 0 aromatic heterocycles. The number of hydrogen-bond donors (Lipinski definition) is 1. The number of anilines is 3. The molecule has 4 rings (SSSR count). The van der Waals surface area contributed by atoms with Crippen LogP contribution in [0.1, 0.15) is 57.1 Å². The monoisotopic (exact) mass is 417 g/mol. The first kappa shape index (κ1) is 21.2. The Labute approximate surface area is 184 Å². The van der Waals surface area contributed by atoms with E-state index in [0.29, 0.717) is 12.8 Å². The highest BCUT2D eigenvalue weighted by atomic mass is 16.2. The molecule has 31 heavy (non-hydrogen) atoms. The summed E-state index contributed by atoms with van der Waals surface area (Å²) in [6.07, 6.45) is 4.43. The molecule has 1 aliphatic carbocycles. The fraction of sp³-hybridized carbons (Fsp3) is 0.385. The number of allylic oxidation sites excluding steroid dienone is 1. The summed E-state index contributed by atoms with van der Waals surface area (Å²) in [5.41, 5.74) is 5.48. The van der Waals surface area contributed by atoms with Crippen LogP contribution in [0.15, 0.2) is 59.8 Å². The van der Waals surface area contributed by atoms with E-state index in [1.54, 1.807) is 0 Å². The highest BCUT2D eigenvalue weighted by molar-refractivity contribution is 6.06. The maximum atomic E-state index is 13.6. The van der Waals surface area contributed by atoms with Crippen molar-refractivity contribution in [3.63, 3.8) is 0 Å². The number of rotatable bonds is 5. The van der Waals surface area contributed by atoms with Crippen LogP contribution < -0.4 is 15.1 Å². The molecule has 1 heterocycles. The molecule has 1 atom stereocenters. The van der Waals surface area contributed by atoms with Crippen molar-refractivity contribution >= 4 is 28.8 Å². The Kier molecular flexibility index (Phi) is 6.12. The van der Waals surface area contributed by atoms with Crippen LogP contribution in [-0.2, 0) is 9.59 Å². The summed E-state index contributed by atoms with van der Waals surface area (Å²) in [6, 6.07) is 15.7. The molecule has 0 saturated heterocycles. The number of amides is 1. The minimum absolute atomic E-state index is 0.0601. The van der Waals surface area contributed by atoms with Crippen LogP contribution in [0, 0.1) is 0 Å². The van der Waals surface area contributed by atoms with Gasteiger partial charge in [0.2, 0.25) is 5.91 Å². The van der Waals surface area contributed by atoms with E-state index in [9.17, 15) is 9.59 Å². The number of Topliss-reactive ketones (excluding diaryl/α,β-unsaturated/α-hetero) is 1. The predicted octanol–water partition coefficient (Wildman–Crippen LogP) is 5.45. The number of ketones is 1. The Morgan fingerprint density at radius 3 is 2.55 bits per heavy atom. The minimum Gasteiger partial charge on any atom is -0.378 e. The van der Waals surface area contributed by atoms with E-state index < -0.39 is 6.04 Å². The van der Waals surface area contributed by atoms with Gasteiger partial charge in [-0.25, -0.2) is 0 Å². The average Bonchev–Trinajstić information content (AvgIpc) is 2.92. The maximum absolute atomic E-state index is 13.6. The molecule has 162 valence electrons. The lowest BCUT2D eigenvalue weighted by Crippen LogP contribution is -2.38. The molecule has 1 N–H and O–H groups in total. The minimum atomic E-state index is -0.417. The fourth-order valence-corrected chi connectivity index (χ4v) is 4.53. The summed E-state index contributed by atoms with van der Waals surface area (Å²) >= 11 is 0. The molecule has 1 aliphatic heterocycles. The zero-order valence-corrected chi connectivity index (χ0v) is 18.6. The Hall–Kier alpha value is -3.08. The van der Waals surface area contributed by atoms with Gasteiger partial charge < -0.3 is 10.2 Å². The first-order chi connectivity index (χ1) is 15.0. The normalized spacial score (nSPS) is 18.1. The number of unbranched alkanes of at least 4 members (excludes halogenated alkanes) is 1. The van der Waals surface area contributed by atoms with Crippen LogP contribution in [-0.4, -0.2) is 25.8 Å². The van der Waals surface area contributed by atoms with Crippen molar-refractivity contribution in [1.29, 1.82) is 0 Å². The molecule has 0 saturated carbocycles. The fourth-order valence-electron chi connectivity index (χ4n) is 4.53. The molecular formula is C26H31N3O2. The number of nitrogens with zero attached hydrogens (tertiary/aromatic N) is 2. The van der Waals surface area contributed by atoms with Gasteiger partial charge in [0, 0.05) is 43.9 Å². The maximum Gasteiger partial charge on any atom is 0.227 e. The van der Waals surface area contributed by atoms with Gasteiger partial charge in [-0.3, -0.25) is 14.5 Å². The van der Waals surface area contributed by atoms with Crippen LogP contribution >= 0.6 is 0 Å². The van der Waals surface area contributed by atoms with Crippen LogP contribution in [0.4, 0.5) is 17.1 Å². The predicted molar refractivity (Wildman–Crippen MR) is 126 cm³/mol. The van der Waals surface area contributed by atoms with E-state index in [4.69, 9.17) is 0 Å². The van der Waals surface area contributed by atoms with Crippen LogP contribution in [0.25, 0.3) is 0 Å². The summed E-state index contributed by atoms with van der Waals surface area (Å²) in [5, 5.41) is 3.52. The summed E-state index contributed by atoms with van der Waals surface area (Å²) < 4.78 is 0. The lowest BCUT2D eigenvalue weighted by atomic mass is 9.85. The number of benzene rings is 2. The highest BCUT2D eigenvalue weighted by Gasteiger charge is 2.39. The van der Waals surface area contributed by atoms with Crippen LogP contribution in [0.5, 0.6) is 0 Å². The zero-order chi connectivity index (χ0) is 22.0. The Bertz CT molecular complexity index is 1010. The van der Waals surface area contributed by atoms with Crippen molar-refractivity contribution in [2.24, 2.45) is 0 Å². The largest absolute Gasteiger partial charge is 0.378 e. The number of carbonyl (C=O) groups is 2. The first-order valence-electron chi connectivity index (χ1n) is 11.2. The van der Waals surface area contributed by atoms with E-state index in [2.05, 4.69) is 36.5 Å². The van der Waals surface area contributed by atoms with Crippen LogP contribution in [0.2, 0.25) is 0 Å². The van der Waals surface area contributed by atoms with Crippen molar-refractivity contribution < 1.29 is 9.59 Å². The van der Waals surface area contributed by atoms with Gasteiger partial charge in [-0.05, 0) is 49.1 Å². The SMILES string of the molecule is CCCCC(=O)N1c2ccccc2NC2=C(C(=O)CCC2)[C@H]1c1ccc(N(C)C)cc1. The van der Waals surface area contributed by atoms with Crippen molar-refractivity contribution in [3.05, 3.63) is 65.4 Å². The second kappa shape index (κ2) is 8.96. The lowest BCUT2D eigenvalue weighted by Gasteiger charge is -2.34. The van der Waals surface area contributed by atoms with E-state index in [0.717, 1.165) is 59.6 Å². The second-order valence-corrected chi connectivity index (χ2v) is 8.57. The van der Waals surface area contributed by atoms with E-state index in [-0.39, 0.29) is 11.7 Å². The van der Waals surface area contributed by atoms with Crippen molar-refractivity contribution in [1.82, 2.24) is 0 Å². The lowest BCUT2D eigenvalue weighted by molar-refractivity contribution is -0.119. The average molecular weight is 418 g/mol. The number of carbonyl (C=O) groups excluding carboxylic acids is 2. The van der Waals surface area contributed by atoms with E-state index >= 15 is 0 Å². The molecule has 5 heteroatoms. The molecule has 2 aromatic carbocycles. The summed E-state index contributed by atoms with van der Waals surface area (Å²) in [5.74, 6) is 0.196. The molecule has 2 aliphatic rings. The smallest absolute Gasteiger partial charge is 0.227 e. The quantitative estimate of drug-likeness (QED) is 0.703. The third-order valence-corrected chi connectivity index (χ3v) is 6.18. The van der Waals surface area contributed by atoms with Gasteiger partial charge in [-0.2, -0.15) is 0 Å². The Morgan fingerprint density at radius 2 is 1.84 bits per heavy atom. The number of nitrogens with one attached hydrogen (secondary N) is 1. The third-order valence-electron chi connectivity index (χ3n) is 6.18. The standard InChI is InChI=1S/C26H31N3O2/c1-4-5-13-24(31)29-22-11-7-6-9-20(22)27-21-10-8-12-23(30)25(21)26(29)18-14-16-19(17-15-18)28(2)3/h6-7,9,11,14-17,26-27H,4-5,8,10,12-13H2,1-3H3/t26-/m1/s1. The molecule has 5 nitrogen and oxygen atoms in total. The first-order valence-corrected chi connectivity index (χ1v) is 11.2. The molecule has 1 amide bonds. The van der Waals surface area contributed by atoms with E-state index in [1.807, 2.05) is 48.2 Å². The number of para-hydroxylation sites is 2. The van der Waals surface area contributed by atoms with Gasteiger partial charge in [-0.15, -0.1) is 0 Å². The topological polar surface area (TPSA) is 52.7 Å². The van der Waals surface area contributed by atoms with Gasteiger partial charge in [0.1, 0.15) is 0 Å². The highest BCUT2D eigenvalue weighted by Crippen LogP contribution is 2.45. The van der Waals surface area contributed by atoms with Crippen LogP contribution in [0.3, 0.4) is 0 Å². The molecular weight excluding hydrogens is 386 g/mol. The molecule has 0 fully saturated rings. The van der Waals surface area contributed by atoms with Crippen molar-refractivity contribution in [3.8, 4) is 0 Å². The van der Waals surface area contributed by atoms with Crippen molar-refractivity contribution in [2.75, 3.05) is 29.2 Å².